The van der Waals surface area contributed by atoms with Crippen molar-refractivity contribution in [3.63, 3.8) is 0 Å². The van der Waals surface area contributed by atoms with Crippen LogP contribution in [0.2, 0.25) is 0 Å². The fourth-order valence-corrected chi connectivity index (χ4v) is 3.50. The van der Waals surface area contributed by atoms with Gasteiger partial charge >= 0.3 is 5.97 Å². The van der Waals surface area contributed by atoms with Crippen LogP contribution in [0.25, 0.3) is 0 Å². The first kappa shape index (κ1) is 17.3. The molecule has 0 radical (unpaired) electrons. The van der Waals surface area contributed by atoms with E-state index in [1.807, 2.05) is 4.90 Å². The molecule has 1 unspecified atom stereocenters. The molecule has 2 N–H and O–H groups in total. The van der Waals surface area contributed by atoms with Gasteiger partial charge < -0.3 is 15.3 Å². The summed E-state index contributed by atoms with van der Waals surface area (Å²) in [5, 5.41) is 11.6. The van der Waals surface area contributed by atoms with E-state index in [-0.39, 0.29) is 29.3 Å². The highest BCUT2D eigenvalue weighted by molar-refractivity contribution is 5.93. The highest BCUT2D eigenvalue weighted by atomic mass is 16.4. The summed E-state index contributed by atoms with van der Waals surface area (Å²) in [6, 6.07) is -0.110. The molecule has 1 aromatic rings. The molecule has 134 valence electrons. The van der Waals surface area contributed by atoms with Gasteiger partial charge in [0.1, 0.15) is 5.69 Å². The predicted molar refractivity (Wildman–Crippen MR) is 88.0 cm³/mol. The number of aromatic nitrogens is 2. The van der Waals surface area contributed by atoms with Crippen LogP contribution in [0.4, 0.5) is 0 Å². The van der Waals surface area contributed by atoms with Crippen LogP contribution in [-0.4, -0.2) is 56.9 Å². The Morgan fingerprint density at radius 3 is 2.36 bits per heavy atom. The molecule has 25 heavy (non-hydrogen) atoms. The van der Waals surface area contributed by atoms with Crippen molar-refractivity contribution in [2.75, 3.05) is 13.1 Å². The number of carbonyl (C=O) groups excluding carboxylic acids is 2. The maximum atomic E-state index is 12.5. The van der Waals surface area contributed by atoms with Crippen LogP contribution in [0.3, 0.4) is 0 Å². The van der Waals surface area contributed by atoms with Crippen LogP contribution in [0.1, 0.15) is 59.5 Å². The number of amides is 2. The lowest BCUT2D eigenvalue weighted by molar-refractivity contribution is -0.135. The molecule has 0 aromatic carbocycles. The molecule has 3 rings (SSSR count). The van der Waals surface area contributed by atoms with Crippen molar-refractivity contribution >= 4 is 17.8 Å². The highest BCUT2D eigenvalue weighted by Crippen LogP contribution is 2.26. The number of carboxylic acids is 1. The third-order valence-corrected chi connectivity index (χ3v) is 4.89. The quantitative estimate of drug-likeness (QED) is 0.844. The molecule has 2 heterocycles. The summed E-state index contributed by atoms with van der Waals surface area (Å²) in [6.07, 6.45) is 8.32. The van der Waals surface area contributed by atoms with E-state index in [4.69, 9.17) is 5.11 Å². The number of hydrogen-bond acceptors (Lipinski definition) is 5. The Hall–Kier alpha value is -2.51. The smallest absolute Gasteiger partial charge is 0.356 e. The third-order valence-electron chi connectivity index (χ3n) is 4.89. The van der Waals surface area contributed by atoms with Crippen molar-refractivity contribution in [1.29, 1.82) is 0 Å². The lowest BCUT2D eigenvalue weighted by Gasteiger charge is -2.26. The van der Waals surface area contributed by atoms with Gasteiger partial charge in [0.25, 0.3) is 5.91 Å². The zero-order valence-electron chi connectivity index (χ0n) is 14.0. The van der Waals surface area contributed by atoms with E-state index in [0.29, 0.717) is 19.5 Å². The minimum absolute atomic E-state index is 0.0713. The van der Waals surface area contributed by atoms with E-state index >= 15 is 0 Å². The number of hydrogen-bond donors (Lipinski definition) is 2. The third kappa shape index (κ3) is 4.12. The molecular weight excluding hydrogens is 324 g/mol. The Kier molecular flexibility index (Phi) is 5.25. The lowest BCUT2D eigenvalue weighted by Crippen LogP contribution is -2.40. The average molecular weight is 346 g/mol. The van der Waals surface area contributed by atoms with E-state index in [2.05, 4.69) is 15.3 Å². The predicted octanol–water partition coefficient (Wildman–Crippen LogP) is 1.09. The molecular formula is C17H22N4O4. The molecule has 1 aliphatic heterocycles. The summed E-state index contributed by atoms with van der Waals surface area (Å²) in [5.74, 6) is -1.24. The van der Waals surface area contributed by atoms with Crippen LogP contribution in [-0.2, 0) is 4.79 Å². The van der Waals surface area contributed by atoms with E-state index < -0.39 is 11.9 Å². The molecule has 2 amide bonds. The molecule has 0 spiro atoms. The van der Waals surface area contributed by atoms with Gasteiger partial charge in [0.2, 0.25) is 5.91 Å². The van der Waals surface area contributed by atoms with Crippen molar-refractivity contribution < 1.29 is 19.5 Å². The van der Waals surface area contributed by atoms with E-state index in [1.165, 1.54) is 6.42 Å². The Bertz CT molecular complexity index is 655. The van der Waals surface area contributed by atoms with Crippen molar-refractivity contribution in [2.24, 2.45) is 5.92 Å². The fraction of sp³-hybridized carbons (Fsp3) is 0.588. The summed E-state index contributed by atoms with van der Waals surface area (Å²) in [6.45, 7) is 1.17. The van der Waals surface area contributed by atoms with Crippen LogP contribution < -0.4 is 5.32 Å². The first-order valence-electron chi connectivity index (χ1n) is 8.69. The van der Waals surface area contributed by atoms with Gasteiger partial charge in [0.05, 0.1) is 12.4 Å². The highest BCUT2D eigenvalue weighted by Gasteiger charge is 2.32. The van der Waals surface area contributed by atoms with Gasteiger partial charge in [0.15, 0.2) is 5.69 Å². The summed E-state index contributed by atoms with van der Waals surface area (Å²) in [4.78, 5) is 44.9. The second-order valence-electron chi connectivity index (χ2n) is 6.67. The van der Waals surface area contributed by atoms with Gasteiger partial charge in [-0.1, -0.05) is 19.3 Å². The largest absolute Gasteiger partial charge is 0.476 e. The Morgan fingerprint density at radius 2 is 1.72 bits per heavy atom. The summed E-state index contributed by atoms with van der Waals surface area (Å²) in [7, 11) is 0. The summed E-state index contributed by atoms with van der Waals surface area (Å²) >= 11 is 0. The van der Waals surface area contributed by atoms with Gasteiger partial charge in [-0.3, -0.25) is 9.59 Å². The van der Waals surface area contributed by atoms with E-state index in [1.54, 1.807) is 0 Å². The molecule has 2 fully saturated rings. The minimum Gasteiger partial charge on any atom is -0.476 e. The SMILES string of the molecule is O=C(O)c1cnc(C(=O)NC2CCN(C(=O)C3CCCCC3)C2)cn1. The number of carboxylic acid groups (broad SMARTS) is 1. The number of rotatable bonds is 4. The van der Waals surface area contributed by atoms with Crippen molar-refractivity contribution in [2.45, 2.75) is 44.6 Å². The monoisotopic (exact) mass is 346 g/mol. The zero-order valence-corrected chi connectivity index (χ0v) is 14.0. The first-order chi connectivity index (χ1) is 12.0. The van der Waals surface area contributed by atoms with Gasteiger partial charge in [-0.25, -0.2) is 14.8 Å². The number of nitrogens with one attached hydrogen (secondary N) is 1. The van der Waals surface area contributed by atoms with Crippen LogP contribution >= 0.6 is 0 Å². The van der Waals surface area contributed by atoms with Crippen LogP contribution in [0.15, 0.2) is 12.4 Å². The number of nitrogens with zero attached hydrogens (tertiary/aromatic N) is 3. The lowest BCUT2D eigenvalue weighted by atomic mass is 9.88. The summed E-state index contributed by atoms with van der Waals surface area (Å²) < 4.78 is 0. The Balaban J connectivity index is 1.52. The van der Waals surface area contributed by atoms with Crippen LogP contribution in [0.5, 0.6) is 0 Å². The molecule has 8 nitrogen and oxygen atoms in total. The molecule has 1 saturated carbocycles. The van der Waals surface area contributed by atoms with E-state index in [9.17, 15) is 14.4 Å². The fourth-order valence-electron chi connectivity index (χ4n) is 3.50. The van der Waals surface area contributed by atoms with Crippen molar-refractivity contribution in [1.82, 2.24) is 20.2 Å². The second-order valence-corrected chi connectivity index (χ2v) is 6.67. The molecule has 1 aliphatic carbocycles. The zero-order chi connectivity index (χ0) is 17.8. The maximum Gasteiger partial charge on any atom is 0.356 e. The molecule has 2 aliphatic rings. The minimum atomic E-state index is -1.19. The molecule has 8 heteroatoms. The van der Waals surface area contributed by atoms with Crippen LogP contribution in [0, 0.1) is 5.92 Å². The molecule has 1 atom stereocenters. The topological polar surface area (TPSA) is 112 Å². The molecule has 1 aromatic heterocycles. The Labute approximate surface area is 145 Å². The van der Waals surface area contributed by atoms with Gasteiger partial charge in [-0.05, 0) is 19.3 Å². The molecule has 1 saturated heterocycles. The Morgan fingerprint density at radius 1 is 1.04 bits per heavy atom. The summed E-state index contributed by atoms with van der Waals surface area (Å²) in [5.41, 5.74) is -0.135. The van der Waals surface area contributed by atoms with Gasteiger partial charge in [0, 0.05) is 25.0 Å². The number of likely N-dealkylation sites (tertiary alicyclic amines) is 1. The number of aromatic carboxylic acids is 1. The second kappa shape index (κ2) is 7.58. The average Bonchev–Trinajstić information content (AvgIpc) is 3.10. The van der Waals surface area contributed by atoms with Crippen molar-refractivity contribution in [3.05, 3.63) is 23.8 Å². The molecule has 0 bridgehead atoms. The normalized spacial score (nSPS) is 21.1. The standard InChI is InChI=1S/C17H22N4O4/c22-15(13-8-19-14(9-18-13)17(24)25)20-12-6-7-21(10-12)16(23)11-4-2-1-3-5-11/h8-9,11-12H,1-7,10H2,(H,20,22)(H,24,25). The van der Waals surface area contributed by atoms with Gasteiger partial charge in [-0.2, -0.15) is 0 Å². The van der Waals surface area contributed by atoms with E-state index in [0.717, 1.165) is 38.1 Å². The van der Waals surface area contributed by atoms with Crippen molar-refractivity contribution in [3.8, 4) is 0 Å². The first-order valence-corrected chi connectivity index (χ1v) is 8.69. The maximum absolute atomic E-state index is 12.5. The number of carbonyl (C=O) groups is 3. The van der Waals surface area contributed by atoms with Gasteiger partial charge in [-0.15, -0.1) is 0 Å².